The van der Waals surface area contributed by atoms with Crippen molar-refractivity contribution in [2.75, 3.05) is 18.0 Å². The van der Waals surface area contributed by atoms with Crippen LogP contribution in [0.5, 0.6) is 0 Å². The third-order valence-corrected chi connectivity index (χ3v) is 5.55. The summed E-state index contributed by atoms with van der Waals surface area (Å²) in [6.45, 7) is 4.40. The van der Waals surface area contributed by atoms with Crippen molar-refractivity contribution in [1.29, 1.82) is 0 Å². The van der Waals surface area contributed by atoms with Crippen LogP contribution in [0.1, 0.15) is 35.8 Å². The Morgan fingerprint density at radius 1 is 1.44 bits per heavy atom. The van der Waals surface area contributed by atoms with E-state index in [-0.39, 0.29) is 11.6 Å². The minimum Gasteiger partial charge on any atom is -0.347 e. The summed E-state index contributed by atoms with van der Waals surface area (Å²) in [5.41, 5.74) is 0.634. The fourth-order valence-electron chi connectivity index (χ4n) is 3.23. The average molecular weight is 384 g/mol. The molecule has 0 spiro atoms. The molecule has 1 saturated heterocycles. The number of rotatable bonds is 4. The van der Waals surface area contributed by atoms with Gasteiger partial charge < -0.3 is 10.2 Å². The molecular formula is C18H20N6O2S. The molecule has 0 unspecified atom stereocenters. The van der Waals surface area contributed by atoms with E-state index in [1.54, 1.807) is 12.4 Å². The molecule has 0 aliphatic carbocycles. The highest BCUT2D eigenvalue weighted by atomic mass is 32.1. The topological polar surface area (TPSA) is 92.5 Å². The summed E-state index contributed by atoms with van der Waals surface area (Å²) in [6, 6.07) is 4.91. The molecule has 1 aliphatic heterocycles. The lowest BCUT2D eigenvalue weighted by molar-refractivity contribution is 0.0943. The number of amides is 1. The highest BCUT2D eigenvalue weighted by Gasteiger charge is 2.22. The van der Waals surface area contributed by atoms with Gasteiger partial charge in [0.1, 0.15) is 5.69 Å². The molecule has 1 N–H and O–H groups in total. The molecule has 3 aromatic rings. The molecule has 0 saturated carbocycles. The van der Waals surface area contributed by atoms with E-state index in [9.17, 15) is 9.59 Å². The summed E-state index contributed by atoms with van der Waals surface area (Å²) in [5.74, 6) is 0.234. The maximum atomic E-state index is 12.7. The Hall–Kier alpha value is -2.81. The van der Waals surface area contributed by atoms with Gasteiger partial charge in [-0.05, 0) is 30.4 Å². The smallest absolute Gasteiger partial charge is 0.274 e. The molecule has 4 heterocycles. The quantitative estimate of drug-likeness (QED) is 0.736. The van der Waals surface area contributed by atoms with E-state index >= 15 is 0 Å². The van der Waals surface area contributed by atoms with Crippen molar-refractivity contribution in [3.63, 3.8) is 0 Å². The van der Waals surface area contributed by atoms with Gasteiger partial charge in [-0.2, -0.15) is 9.50 Å². The van der Waals surface area contributed by atoms with Gasteiger partial charge in [0.2, 0.25) is 10.1 Å². The van der Waals surface area contributed by atoms with E-state index < -0.39 is 5.56 Å². The van der Waals surface area contributed by atoms with Crippen molar-refractivity contribution in [1.82, 2.24) is 24.9 Å². The summed E-state index contributed by atoms with van der Waals surface area (Å²) in [7, 11) is 0. The number of hydrogen-bond donors (Lipinski definition) is 1. The van der Waals surface area contributed by atoms with Crippen molar-refractivity contribution in [3.05, 3.63) is 52.2 Å². The van der Waals surface area contributed by atoms with Crippen molar-refractivity contribution in [3.8, 4) is 0 Å². The Morgan fingerprint density at radius 2 is 2.33 bits per heavy atom. The number of pyridine rings is 1. The second-order valence-electron chi connectivity index (χ2n) is 6.80. The number of fused-ring (bicyclic) bond motifs is 1. The molecule has 1 fully saturated rings. The van der Waals surface area contributed by atoms with Crippen LogP contribution in [0.3, 0.4) is 0 Å². The summed E-state index contributed by atoms with van der Waals surface area (Å²) in [5, 5.41) is 8.18. The minimum absolute atomic E-state index is 0.196. The van der Waals surface area contributed by atoms with E-state index in [0.29, 0.717) is 17.4 Å². The Bertz CT molecular complexity index is 1020. The Morgan fingerprint density at radius 3 is 3.11 bits per heavy atom. The Balaban J connectivity index is 1.61. The van der Waals surface area contributed by atoms with Gasteiger partial charge in [-0.15, -0.1) is 5.10 Å². The first-order valence-corrected chi connectivity index (χ1v) is 9.75. The van der Waals surface area contributed by atoms with E-state index in [2.05, 4.69) is 32.2 Å². The van der Waals surface area contributed by atoms with Gasteiger partial charge in [0.15, 0.2) is 0 Å². The lowest BCUT2D eigenvalue weighted by Gasteiger charge is -2.30. The average Bonchev–Trinajstić information content (AvgIpc) is 3.10. The fourth-order valence-corrected chi connectivity index (χ4v) is 4.18. The second-order valence-corrected chi connectivity index (χ2v) is 7.73. The molecular weight excluding hydrogens is 364 g/mol. The molecule has 27 heavy (non-hydrogen) atoms. The summed E-state index contributed by atoms with van der Waals surface area (Å²) >= 11 is 1.34. The molecule has 0 bridgehead atoms. The molecule has 1 atom stereocenters. The molecule has 4 rings (SSSR count). The van der Waals surface area contributed by atoms with Crippen LogP contribution >= 0.6 is 11.3 Å². The molecule has 9 heteroatoms. The number of anilines is 1. The van der Waals surface area contributed by atoms with Crippen molar-refractivity contribution >= 4 is 27.3 Å². The fraction of sp³-hybridized carbons (Fsp3) is 0.389. The van der Waals surface area contributed by atoms with Gasteiger partial charge >= 0.3 is 0 Å². The van der Waals surface area contributed by atoms with Crippen LogP contribution in [0.4, 0.5) is 5.13 Å². The largest absolute Gasteiger partial charge is 0.347 e. The number of carbonyl (C=O) groups excluding carboxylic acids is 1. The Labute approximate surface area is 159 Å². The predicted octanol–water partition coefficient (Wildman–Crippen LogP) is 1.71. The number of carbonyl (C=O) groups is 1. The van der Waals surface area contributed by atoms with Crippen molar-refractivity contribution in [2.45, 2.75) is 26.3 Å². The van der Waals surface area contributed by atoms with Gasteiger partial charge in [0, 0.05) is 38.1 Å². The number of aromatic nitrogens is 4. The summed E-state index contributed by atoms with van der Waals surface area (Å²) in [4.78, 5) is 35.3. The van der Waals surface area contributed by atoms with Gasteiger partial charge in [-0.1, -0.05) is 24.3 Å². The molecule has 8 nitrogen and oxygen atoms in total. The molecule has 0 aromatic carbocycles. The Kier molecular flexibility index (Phi) is 4.85. The first-order chi connectivity index (χ1) is 13.1. The van der Waals surface area contributed by atoms with Crippen LogP contribution in [-0.2, 0) is 6.54 Å². The molecule has 0 radical (unpaired) electrons. The zero-order valence-electron chi connectivity index (χ0n) is 15.0. The van der Waals surface area contributed by atoms with Crippen LogP contribution in [0.2, 0.25) is 0 Å². The van der Waals surface area contributed by atoms with E-state index in [1.807, 2.05) is 12.1 Å². The van der Waals surface area contributed by atoms with Gasteiger partial charge in [-0.3, -0.25) is 14.6 Å². The lowest BCUT2D eigenvalue weighted by Crippen LogP contribution is -2.34. The minimum atomic E-state index is -0.441. The number of nitrogens with one attached hydrogen (secondary N) is 1. The predicted molar refractivity (Wildman–Crippen MR) is 103 cm³/mol. The highest BCUT2D eigenvalue weighted by Crippen LogP contribution is 2.27. The second kappa shape index (κ2) is 7.43. The maximum absolute atomic E-state index is 12.7. The lowest BCUT2D eigenvalue weighted by atomic mass is 10.0. The third-order valence-electron chi connectivity index (χ3n) is 4.58. The normalized spacial score (nSPS) is 17.2. The molecule has 140 valence electrons. The van der Waals surface area contributed by atoms with E-state index in [1.165, 1.54) is 28.3 Å². The molecule has 1 amide bonds. The zero-order chi connectivity index (χ0) is 18.8. The molecule has 3 aromatic heterocycles. The van der Waals surface area contributed by atoms with E-state index in [4.69, 9.17) is 0 Å². The van der Waals surface area contributed by atoms with Gasteiger partial charge in [0.25, 0.3) is 11.5 Å². The summed E-state index contributed by atoms with van der Waals surface area (Å²) < 4.78 is 1.47. The number of nitrogens with zero attached hydrogens (tertiary/aromatic N) is 5. The van der Waals surface area contributed by atoms with Crippen LogP contribution in [0, 0.1) is 5.92 Å². The van der Waals surface area contributed by atoms with Crippen LogP contribution < -0.4 is 15.8 Å². The number of piperidine rings is 1. The van der Waals surface area contributed by atoms with Crippen molar-refractivity contribution in [2.24, 2.45) is 5.92 Å². The first-order valence-electron chi connectivity index (χ1n) is 8.93. The first kappa shape index (κ1) is 17.6. The standard InChI is InChI=1S/C18H20N6O2S/c1-12-4-3-7-23(11-12)18-22-24-14(8-15(25)21-17(24)27-18)16(26)20-10-13-5-2-6-19-9-13/h2,5-6,8-9,12H,3-4,7,10-11H2,1H3,(H,20,26)/t12-/m0/s1. The zero-order valence-corrected chi connectivity index (χ0v) is 15.8. The van der Waals surface area contributed by atoms with Crippen molar-refractivity contribution < 1.29 is 4.79 Å². The van der Waals surface area contributed by atoms with Gasteiger partial charge in [0.05, 0.1) is 0 Å². The van der Waals surface area contributed by atoms with Crippen LogP contribution in [-0.4, -0.2) is 38.6 Å². The highest BCUT2D eigenvalue weighted by molar-refractivity contribution is 7.20. The van der Waals surface area contributed by atoms with Crippen LogP contribution in [0.25, 0.3) is 4.96 Å². The monoisotopic (exact) mass is 384 g/mol. The third kappa shape index (κ3) is 3.82. The maximum Gasteiger partial charge on any atom is 0.274 e. The summed E-state index contributed by atoms with van der Waals surface area (Å²) in [6.07, 6.45) is 5.68. The van der Waals surface area contributed by atoms with E-state index in [0.717, 1.165) is 30.2 Å². The van der Waals surface area contributed by atoms with Crippen LogP contribution in [0.15, 0.2) is 35.4 Å². The molecule has 1 aliphatic rings. The number of hydrogen-bond acceptors (Lipinski definition) is 7. The SMILES string of the molecule is C[C@H]1CCCN(c2nn3c(C(=O)NCc4cccnc4)cc(=O)nc3s2)C1. The van der Waals surface area contributed by atoms with Gasteiger partial charge in [-0.25, -0.2) is 0 Å².